The van der Waals surface area contributed by atoms with Crippen molar-refractivity contribution < 1.29 is 9.59 Å². The van der Waals surface area contributed by atoms with Crippen molar-refractivity contribution in [1.29, 1.82) is 0 Å². The molecule has 18 heavy (non-hydrogen) atoms. The van der Waals surface area contributed by atoms with Gasteiger partial charge in [-0.3, -0.25) is 9.59 Å². The molecule has 1 aromatic rings. The molecule has 0 atom stereocenters. The molecule has 0 saturated heterocycles. The minimum Gasteiger partial charge on any atom is -0.326 e. The molecule has 0 aromatic heterocycles. The predicted molar refractivity (Wildman–Crippen MR) is 73.5 cm³/mol. The third-order valence-corrected chi connectivity index (χ3v) is 2.77. The molecule has 0 spiro atoms. The molecule has 3 nitrogen and oxygen atoms in total. The second-order valence-electron chi connectivity index (χ2n) is 5.14. The smallest absolute Gasteiger partial charge is 0.226 e. The summed E-state index contributed by atoms with van der Waals surface area (Å²) in [6.07, 6.45) is 0.454. The van der Waals surface area contributed by atoms with Crippen LogP contribution < -0.4 is 5.32 Å². The maximum atomic E-state index is 11.6. The van der Waals surface area contributed by atoms with Crippen LogP contribution in [0.5, 0.6) is 0 Å². The van der Waals surface area contributed by atoms with Gasteiger partial charge < -0.3 is 5.32 Å². The van der Waals surface area contributed by atoms with Gasteiger partial charge in [0.2, 0.25) is 5.91 Å². The summed E-state index contributed by atoms with van der Waals surface area (Å²) in [6, 6.07) is 7.44. The second kappa shape index (κ2) is 6.34. The molecule has 1 N–H and O–H groups in total. The van der Waals surface area contributed by atoms with Gasteiger partial charge in [-0.2, -0.15) is 0 Å². The Kier molecular flexibility index (Phi) is 5.08. The van der Waals surface area contributed by atoms with E-state index in [0.29, 0.717) is 6.42 Å². The van der Waals surface area contributed by atoms with Gasteiger partial charge in [-0.1, -0.05) is 39.8 Å². The van der Waals surface area contributed by atoms with Crippen LogP contribution in [0.2, 0.25) is 0 Å². The fraction of sp³-hybridized carbons (Fsp3) is 0.467. The molecule has 0 aliphatic rings. The lowest BCUT2D eigenvalue weighted by Crippen LogP contribution is -2.17. The molecule has 0 bridgehead atoms. The van der Waals surface area contributed by atoms with Crippen LogP contribution in [0.15, 0.2) is 24.3 Å². The van der Waals surface area contributed by atoms with Crippen LogP contribution in [0.25, 0.3) is 0 Å². The summed E-state index contributed by atoms with van der Waals surface area (Å²) in [7, 11) is 0. The number of benzene rings is 1. The molecule has 98 valence electrons. The Morgan fingerprint density at radius 2 is 1.56 bits per heavy atom. The van der Waals surface area contributed by atoms with E-state index in [0.717, 1.165) is 11.3 Å². The molecule has 0 saturated carbocycles. The van der Waals surface area contributed by atoms with Crippen LogP contribution in [0, 0.1) is 11.8 Å². The normalized spacial score (nSPS) is 10.8. The average Bonchev–Trinajstić information content (AvgIpc) is 2.31. The molecule has 0 heterocycles. The maximum Gasteiger partial charge on any atom is 0.226 e. The van der Waals surface area contributed by atoms with Gasteiger partial charge in [0, 0.05) is 23.9 Å². The van der Waals surface area contributed by atoms with Gasteiger partial charge in [-0.25, -0.2) is 0 Å². The van der Waals surface area contributed by atoms with E-state index < -0.39 is 0 Å². The Hall–Kier alpha value is -1.64. The Labute approximate surface area is 109 Å². The van der Waals surface area contributed by atoms with Crippen LogP contribution in [0.1, 0.15) is 33.3 Å². The highest BCUT2D eigenvalue weighted by atomic mass is 16.1. The summed E-state index contributed by atoms with van der Waals surface area (Å²) in [6.45, 7) is 7.51. The lowest BCUT2D eigenvalue weighted by atomic mass is 10.0. The highest BCUT2D eigenvalue weighted by molar-refractivity contribution is 5.92. The third-order valence-electron chi connectivity index (χ3n) is 2.77. The molecule has 0 unspecified atom stereocenters. The van der Waals surface area contributed by atoms with Crippen molar-refractivity contribution in [2.45, 2.75) is 34.1 Å². The molecule has 1 rings (SSSR count). The fourth-order valence-corrected chi connectivity index (χ4v) is 1.40. The molecule has 1 amide bonds. The number of hydrogen-bond acceptors (Lipinski definition) is 2. The number of hydrogen-bond donors (Lipinski definition) is 1. The zero-order valence-corrected chi connectivity index (χ0v) is 11.5. The van der Waals surface area contributed by atoms with E-state index in [1.165, 1.54) is 0 Å². The zero-order chi connectivity index (χ0) is 13.7. The van der Waals surface area contributed by atoms with Crippen molar-refractivity contribution in [3.05, 3.63) is 29.8 Å². The van der Waals surface area contributed by atoms with E-state index in [1.807, 2.05) is 52.0 Å². The van der Waals surface area contributed by atoms with Crippen LogP contribution >= 0.6 is 0 Å². The fourth-order valence-electron chi connectivity index (χ4n) is 1.40. The number of amides is 1. The van der Waals surface area contributed by atoms with Crippen LogP contribution in [0.4, 0.5) is 5.69 Å². The second-order valence-corrected chi connectivity index (χ2v) is 5.14. The predicted octanol–water partition coefficient (Wildman–Crippen LogP) is 3.05. The van der Waals surface area contributed by atoms with Gasteiger partial charge >= 0.3 is 0 Å². The third kappa shape index (κ3) is 4.32. The Morgan fingerprint density at radius 3 is 2.00 bits per heavy atom. The highest BCUT2D eigenvalue weighted by Crippen LogP contribution is 2.12. The quantitative estimate of drug-likeness (QED) is 0.869. The number of ketones is 1. The van der Waals surface area contributed by atoms with Crippen molar-refractivity contribution >= 4 is 17.4 Å². The minimum atomic E-state index is -0.0350. The van der Waals surface area contributed by atoms with Crippen molar-refractivity contribution in [3.8, 4) is 0 Å². The largest absolute Gasteiger partial charge is 0.326 e. The van der Waals surface area contributed by atoms with E-state index in [2.05, 4.69) is 5.32 Å². The number of rotatable bonds is 5. The SMILES string of the molecule is CC(C)C(=O)Cc1ccc(NC(=O)C(C)C)cc1. The highest BCUT2D eigenvalue weighted by Gasteiger charge is 2.09. The summed E-state index contributed by atoms with van der Waals surface area (Å²) >= 11 is 0. The van der Waals surface area contributed by atoms with Gasteiger partial charge in [0.05, 0.1) is 0 Å². The van der Waals surface area contributed by atoms with E-state index in [9.17, 15) is 9.59 Å². The number of Topliss-reactive ketones (excluding diaryl/α,β-unsaturated/α-hetero) is 1. The van der Waals surface area contributed by atoms with Crippen LogP contribution in [0.3, 0.4) is 0 Å². The van der Waals surface area contributed by atoms with E-state index in [4.69, 9.17) is 0 Å². The van der Waals surface area contributed by atoms with Gasteiger partial charge in [0.25, 0.3) is 0 Å². The Balaban J connectivity index is 2.63. The maximum absolute atomic E-state index is 11.6. The molecule has 1 aromatic carbocycles. The van der Waals surface area contributed by atoms with Crippen LogP contribution in [-0.4, -0.2) is 11.7 Å². The first-order chi connectivity index (χ1) is 8.40. The Bertz CT molecular complexity index is 378. The van der Waals surface area contributed by atoms with E-state index >= 15 is 0 Å². The van der Waals surface area contributed by atoms with Gasteiger partial charge in [0.15, 0.2) is 0 Å². The summed E-state index contributed by atoms with van der Waals surface area (Å²) in [5.41, 5.74) is 1.76. The molecule has 0 fully saturated rings. The van der Waals surface area contributed by atoms with Crippen molar-refractivity contribution in [2.24, 2.45) is 11.8 Å². The lowest BCUT2D eigenvalue weighted by molar-refractivity contribution is -0.121. The summed E-state index contributed by atoms with van der Waals surface area (Å²) in [5.74, 6) is 0.257. The molecular weight excluding hydrogens is 226 g/mol. The van der Waals surface area contributed by atoms with Gasteiger partial charge in [-0.05, 0) is 17.7 Å². The van der Waals surface area contributed by atoms with Crippen molar-refractivity contribution in [2.75, 3.05) is 5.32 Å². The van der Waals surface area contributed by atoms with Gasteiger partial charge in [-0.15, -0.1) is 0 Å². The van der Waals surface area contributed by atoms with Gasteiger partial charge in [0.1, 0.15) is 5.78 Å². The summed E-state index contributed by atoms with van der Waals surface area (Å²) in [4.78, 5) is 23.1. The minimum absolute atomic E-state index is 0.000932. The number of nitrogens with one attached hydrogen (secondary N) is 1. The van der Waals surface area contributed by atoms with E-state index in [1.54, 1.807) is 0 Å². The molecular formula is C15H21NO2. The molecule has 0 radical (unpaired) electrons. The molecule has 0 aliphatic carbocycles. The van der Waals surface area contributed by atoms with Crippen LogP contribution in [-0.2, 0) is 16.0 Å². The molecule has 0 aliphatic heterocycles. The number of anilines is 1. The lowest BCUT2D eigenvalue weighted by Gasteiger charge is -2.09. The monoisotopic (exact) mass is 247 g/mol. The van der Waals surface area contributed by atoms with Crippen molar-refractivity contribution in [3.63, 3.8) is 0 Å². The number of carbonyl (C=O) groups is 2. The van der Waals surface area contributed by atoms with E-state index in [-0.39, 0.29) is 23.5 Å². The first-order valence-corrected chi connectivity index (χ1v) is 6.32. The average molecular weight is 247 g/mol. The summed E-state index contributed by atoms with van der Waals surface area (Å²) in [5, 5.41) is 2.82. The Morgan fingerprint density at radius 1 is 1.00 bits per heavy atom. The summed E-state index contributed by atoms with van der Waals surface area (Å²) < 4.78 is 0. The number of carbonyl (C=O) groups excluding carboxylic acids is 2. The molecule has 3 heteroatoms. The first kappa shape index (κ1) is 14.4. The zero-order valence-electron chi connectivity index (χ0n) is 11.5. The topological polar surface area (TPSA) is 46.2 Å². The standard InChI is InChI=1S/C15H21NO2/c1-10(2)14(17)9-12-5-7-13(8-6-12)16-15(18)11(3)4/h5-8,10-11H,9H2,1-4H3,(H,16,18). The first-order valence-electron chi connectivity index (χ1n) is 6.32. The van der Waals surface area contributed by atoms with Crippen molar-refractivity contribution in [1.82, 2.24) is 0 Å².